The number of aromatic nitrogens is 1. The standard InChI is InChI=1S/C12H11NO2/c1-8(14)9-3-4-10-11(7-9)13-6-5-12(10)15-2/h3-7H,1-2H3. The van der Waals surface area contributed by atoms with E-state index in [2.05, 4.69) is 4.98 Å². The molecule has 0 unspecified atom stereocenters. The molecule has 1 heterocycles. The van der Waals surface area contributed by atoms with Gasteiger partial charge in [0.2, 0.25) is 0 Å². The molecule has 0 radical (unpaired) electrons. The molecule has 2 rings (SSSR count). The van der Waals surface area contributed by atoms with Crippen molar-refractivity contribution in [3.8, 4) is 5.75 Å². The van der Waals surface area contributed by atoms with Crippen LogP contribution < -0.4 is 4.74 Å². The topological polar surface area (TPSA) is 39.2 Å². The molecule has 0 saturated carbocycles. The molecule has 0 aliphatic rings. The third-order valence-electron chi connectivity index (χ3n) is 2.33. The Balaban J connectivity index is 2.69. The first-order valence-corrected chi connectivity index (χ1v) is 4.66. The third kappa shape index (κ3) is 1.68. The fourth-order valence-corrected chi connectivity index (χ4v) is 1.52. The average molecular weight is 201 g/mol. The van der Waals surface area contributed by atoms with Gasteiger partial charge in [-0.05, 0) is 25.1 Å². The van der Waals surface area contributed by atoms with Gasteiger partial charge >= 0.3 is 0 Å². The lowest BCUT2D eigenvalue weighted by Gasteiger charge is -2.04. The number of nitrogens with zero attached hydrogens (tertiary/aromatic N) is 1. The number of fused-ring (bicyclic) bond motifs is 1. The highest BCUT2D eigenvalue weighted by atomic mass is 16.5. The quantitative estimate of drug-likeness (QED) is 0.700. The van der Waals surface area contributed by atoms with Gasteiger partial charge in [-0.1, -0.05) is 6.07 Å². The normalized spacial score (nSPS) is 10.3. The zero-order chi connectivity index (χ0) is 10.8. The largest absolute Gasteiger partial charge is 0.496 e. The van der Waals surface area contributed by atoms with E-state index in [0.717, 1.165) is 16.7 Å². The SMILES string of the molecule is COc1ccnc2cc(C(C)=O)ccc12. The fraction of sp³-hybridized carbons (Fsp3) is 0.167. The molecule has 3 heteroatoms. The number of rotatable bonds is 2. The maximum atomic E-state index is 11.2. The number of ether oxygens (including phenoxy) is 1. The molecule has 0 fully saturated rings. The van der Waals surface area contributed by atoms with Crippen LogP contribution in [0.15, 0.2) is 30.5 Å². The average Bonchev–Trinajstić information content (AvgIpc) is 2.27. The summed E-state index contributed by atoms with van der Waals surface area (Å²) in [6, 6.07) is 7.22. The maximum absolute atomic E-state index is 11.2. The molecule has 0 bridgehead atoms. The van der Waals surface area contributed by atoms with Crippen molar-refractivity contribution in [2.45, 2.75) is 6.92 Å². The maximum Gasteiger partial charge on any atom is 0.159 e. The van der Waals surface area contributed by atoms with E-state index >= 15 is 0 Å². The van der Waals surface area contributed by atoms with Gasteiger partial charge in [-0.2, -0.15) is 0 Å². The first kappa shape index (κ1) is 9.65. The van der Waals surface area contributed by atoms with E-state index in [-0.39, 0.29) is 5.78 Å². The molecule has 0 amide bonds. The number of carbonyl (C=O) groups excluding carboxylic acids is 1. The number of hydrogen-bond acceptors (Lipinski definition) is 3. The summed E-state index contributed by atoms with van der Waals surface area (Å²) in [5.74, 6) is 0.816. The molecule has 0 aliphatic carbocycles. The molecule has 3 nitrogen and oxygen atoms in total. The van der Waals surface area contributed by atoms with Gasteiger partial charge in [0.1, 0.15) is 5.75 Å². The zero-order valence-electron chi connectivity index (χ0n) is 8.65. The third-order valence-corrected chi connectivity index (χ3v) is 2.33. The van der Waals surface area contributed by atoms with Gasteiger partial charge in [-0.15, -0.1) is 0 Å². The second-order valence-electron chi connectivity index (χ2n) is 3.30. The highest BCUT2D eigenvalue weighted by molar-refractivity contribution is 5.98. The molecule has 76 valence electrons. The Morgan fingerprint density at radius 3 is 2.80 bits per heavy atom. The lowest BCUT2D eigenvalue weighted by molar-refractivity contribution is 0.101. The van der Waals surface area contributed by atoms with Crippen LogP contribution in [0.25, 0.3) is 10.9 Å². The van der Waals surface area contributed by atoms with E-state index in [4.69, 9.17) is 4.74 Å². The summed E-state index contributed by atoms with van der Waals surface area (Å²) < 4.78 is 5.20. The van der Waals surface area contributed by atoms with Crippen molar-refractivity contribution in [3.63, 3.8) is 0 Å². The fourth-order valence-electron chi connectivity index (χ4n) is 1.52. The second-order valence-corrected chi connectivity index (χ2v) is 3.30. The molecule has 0 saturated heterocycles. The van der Waals surface area contributed by atoms with Gasteiger partial charge in [0.05, 0.1) is 12.6 Å². The summed E-state index contributed by atoms with van der Waals surface area (Å²) in [7, 11) is 1.62. The highest BCUT2D eigenvalue weighted by Crippen LogP contribution is 2.24. The van der Waals surface area contributed by atoms with Crippen LogP contribution in [0.1, 0.15) is 17.3 Å². The minimum absolute atomic E-state index is 0.0431. The molecule has 1 aromatic heterocycles. The van der Waals surface area contributed by atoms with Crippen LogP contribution in [0.5, 0.6) is 5.75 Å². The smallest absolute Gasteiger partial charge is 0.159 e. The summed E-state index contributed by atoms with van der Waals surface area (Å²) in [6.07, 6.45) is 1.67. The highest BCUT2D eigenvalue weighted by Gasteiger charge is 2.04. The van der Waals surface area contributed by atoms with Crippen LogP contribution >= 0.6 is 0 Å². The van der Waals surface area contributed by atoms with Gasteiger partial charge < -0.3 is 4.74 Å². The summed E-state index contributed by atoms with van der Waals surface area (Å²) in [4.78, 5) is 15.4. The van der Waals surface area contributed by atoms with E-state index in [0.29, 0.717) is 5.56 Å². The minimum atomic E-state index is 0.0431. The van der Waals surface area contributed by atoms with Crippen LogP contribution in [0.3, 0.4) is 0 Å². The number of hydrogen-bond donors (Lipinski definition) is 0. The Bertz CT molecular complexity index is 520. The van der Waals surface area contributed by atoms with Crippen molar-refractivity contribution in [2.24, 2.45) is 0 Å². The summed E-state index contributed by atoms with van der Waals surface area (Å²) in [5, 5.41) is 0.921. The van der Waals surface area contributed by atoms with Crippen LogP contribution in [-0.2, 0) is 0 Å². The second kappa shape index (κ2) is 3.69. The van der Waals surface area contributed by atoms with Crippen molar-refractivity contribution in [1.82, 2.24) is 4.98 Å². The van der Waals surface area contributed by atoms with Crippen LogP contribution in [0.4, 0.5) is 0 Å². The minimum Gasteiger partial charge on any atom is -0.496 e. The molecule has 0 N–H and O–H groups in total. The number of pyridine rings is 1. The first-order valence-electron chi connectivity index (χ1n) is 4.66. The van der Waals surface area contributed by atoms with Crippen molar-refractivity contribution in [1.29, 1.82) is 0 Å². The molecule has 0 spiro atoms. The summed E-state index contributed by atoms with van der Waals surface area (Å²) in [6.45, 7) is 1.54. The predicted molar refractivity (Wildman–Crippen MR) is 58.3 cm³/mol. The Hall–Kier alpha value is -1.90. The van der Waals surface area contributed by atoms with Crippen LogP contribution in [0, 0.1) is 0 Å². The van der Waals surface area contributed by atoms with Crippen LogP contribution in [0.2, 0.25) is 0 Å². The van der Waals surface area contributed by atoms with Gasteiger partial charge in [0.25, 0.3) is 0 Å². The molecule has 15 heavy (non-hydrogen) atoms. The summed E-state index contributed by atoms with van der Waals surface area (Å²) in [5.41, 5.74) is 1.45. The summed E-state index contributed by atoms with van der Waals surface area (Å²) >= 11 is 0. The van der Waals surface area contributed by atoms with Gasteiger partial charge in [0.15, 0.2) is 5.78 Å². The van der Waals surface area contributed by atoms with Crippen molar-refractivity contribution in [3.05, 3.63) is 36.0 Å². The van der Waals surface area contributed by atoms with Gasteiger partial charge in [0, 0.05) is 17.1 Å². The van der Waals surface area contributed by atoms with Crippen LogP contribution in [-0.4, -0.2) is 17.9 Å². The Morgan fingerprint density at radius 1 is 1.33 bits per heavy atom. The molecule has 0 atom stereocenters. The molecular formula is C12H11NO2. The predicted octanol–water partition coefficient (Wildman–Crippen LogP) is 2.45. The molecule has 0 aliphatic heterocycles. The molecular weight excluding hydrogens is 190 g/mol. The lowest BCUT2D eigenvalue weighted by atomic mass is 10.1. The Morgan fingerprint density at radius 2 is 2.13 bits per heavy atom. The van der Waals surface area contributed by atoms with E-state index in [1.54, 1.807) is 38.4 Å². The number of carbonyl (C=O) groups is 1. The van der Waals surface area contributed by atoms with E-state index in [1.807, 2.05) is 6.07 Å². The van der Waals surface area contributed by atoms with Gasteiger partial charge in [-0.25, -0.2) is 0 Å². The number of ketones is 1. The zero-order valence-corrected chi connectivity index (χ0v) is 8.65. The monoisotopic (exact) mass is 201 g/mol. The Kier molecular flexibility index (Phi) is 2.37. The van der Waals surface area contributed by atoms with E-state index in [1.165, 1.54) is 0 Å². The number of methoxy groups -OCH3 is 1. The van der Waals surface area contributed by atoms with E-state index in [9.17, 15) is 4.79 Å². The van der Waals surface area contributed by atoms with Gasteiger partial charge in [-0.3, -0.25) is 9.78 Å². The lowest BCUT2D eigenvalue weighted by Crippen LogP contribution is -1.93. The van der Waals surface area contributed by atoms with Crippen molar-refractivity contribution in [2.75, 3.05) is 7.11 Å². The first-order chi connectivity index (χ1) is 7.22. The van der Waals surface area contributed by atoms with E-state index < -0.39 is 0 Å². The molecule has 2 aromatic rings. The van der Waals surface area contributed by atoms with Crippen molar-refractivity contribution < 1.29 is 9.53 Å². The van der Waals surface area contributed by atoms with Crippen molar-refractivity contribution >= 4 is 16.7 Å². The number of Topliss-reactive ketones (excluding diaryl/α,β-unsaturated/α-hetero) is 1. The Labute approximate surface area is 87.7 Å². The molecule has 1 aromatic carbocycles. The number of benzene rings is 1.